The lowest BCUT2D eigenvalue weighted by molar-refractivity contribution is -0.142. The SMILES string of the molecule is CCCN(C(=O)c1sc(N)nc1C)C1COCC1C(=O)O. The van der Waals surface area contributed by atoms with Gasteiger partial charge >= 0.3 is 5.97 Å². The predicted octanol–water partition coefficient (Wildman–Crippen LogP) is 0.986. The molecular weight excluding hydrogens is 294 g/mol. The summed E-state index contributed by atoms with van der Waals surface area (Å²) in [6.07, 6.45) is 0.738. The Kier molecular flexibility index (Phi) is 4.79. The molecule has 3 N–H and O–H groups in total. The van der Waals surface area contributed by atoms with Crippen molar-refractivity contribution in [3.05, 3.63) is 10.6 Å². The molecule has 0 bridgehead atoms. The Hall–Kier alpha value is -1.67. The molecule has 8 heteroatoms. The molecule has 21 heavy (non-hydrogen) atoms. The quantitative estimate of drug-likeness (QED) is 0.839. The van der Waals surface area contributed by atoms with Crippen LogP contribution in [0.2, 0.25) is 0 Å². The van der Waals surface area contributed by atoms with Crippen LogP contribution in [-0.2, 0) is 9.53 Å². The van der Waals surface area contributed by atoms with Crippen LogP contribution in [-0.4, -0.2) is 52.7 Å². The summed E-state index contributed by atoms with van der Waals surface area (Å²) in [5, 5.41) is 9.60. The van der Waals surface area contributed by atoms with Crippen LogP contribution >= 0.6 is 11.3 Å². The molecule has 1 aliphatic rings. The van der Waals surface area contributed by atoms with Crippen LogP contribution in [0.1, 0.15) is 28.7 Å². The van der Waals surface area contributed by atoms with Crippen LogP contribution < -0.4 is 5.73 Å². The van der Waals surface area contributed by atoms with E-state index in [1.165, 1.54) is 0 Å². The van der Waals surface area contributed by atoms with Crippen molar-refractivity contribution in [2.45, 2.75) is 26.3 Å². The highest BCUT2D eigenvalue weighted by atomic mass is 32.1. The van der Waals surface area contributed by atoms with Gasteiger partial charge in [-0.15, -0.1) is 0 Å². The maximum absolute atomic E-state index is 12.7. The van der Waals surface area contributed by atoms with Crippen LogP contribution in [0.25, 0.3) is 0 Å². The Labute approximate surface area is 126 Å². The number of nitrogen functional groups attached to an aromatic ring is 1. The van der Waals surface area contributed by atoms with Gasteiger partial charge < -0.3 is 20.5 Å². The summed E-state index contributed by atoms with van der Waals surface area (Å²) < 4.78 is 5.27. The Morgan fingerprint density at radius 2 is 2.24 bits per heavy atom. The zero-order valence-corrected chi connectivity index (χ0v) is 12.9. The normalized spacial score (nSPS) is 21.4. The maximum atomic E-state index is 12.7. The standard InChI is InChI=1S/C13H19N3O4S/c1-3-4-16(9-6-20-5-8(9)12(18)19)11(17)10-7(2)15-13(14)21-10/h8-9H,3-6H2,1-2H3,(H2,14,15)(H,18,19). The molecule has 1 aromatic heterocycles. The van der Waals surface area contributed by atoms with Gasteiger partial charge in [0.25, 0.3) is 5.91 Å². The van der Waals surface area contributed by atoms with E-state index >= 15 is 0 Å². The van der Waals surface area contributed by atoms with Crippen molar-refractivity contribution < 1.29 is 19.4 Å². The number of ether oxygens (including phenoxy) is 1. The number of carbonyl (C=O) groups is 2. The lowest BCUT2D eigenvalue weighted by Gasteiger charge is -2.29. The van der Waals surface area contributed by atoms with E-state index in [1.807, 2.05) is 6.92 Å². The van der Waals surface area contributed by atoms with Crippen molar-refractivity contribution in [1.82, 2.24) is 9.88 Å². The number of amides is 1. The molecule has 0 aromatic carbocycles. The van der Waals surface area contributed by atoms with Crippen molar-refractivity contribution in [3.8, 4) is 0 Å². The van der Waals surface area contributed by atoms with E-state index in [0.717, 1.165) is 17.8 Å². The van der Waals surface area contributed by atoms with Gasteiger partial charge in [0, 0.05) is 6.54 Å². The molecular formula is C13H19N3O4S. The van der Waals surface area contributed by atoms with Crippen LogP contribution in [0.15, 0.2) is 0 Å². The van der Waals surface area contributed by atoms with E-state index in [9.17, 15) is 14.7 Å². The molecule has 2 rings (SSSR count). The Morgan fingerprint density at radius 1 is 1.52 bits per heavy atom. The first-order valence-corrected chi connectivity index (χ1v) is 7.61. The predicted molar refractivity (Wildman–Crippen MR) is 78.3 cm³/mol. The number of aliphatic carboxylic acids is 1. The van der Waals surface area contributed by atoms with Gasteiger partial charge in [0.05, 0.1) is 24.9 Å². The number of aryl methyl sites for hydroxylation is 1. The summed E-state index contributed by atoms with van der Waals surface area (Å²) in [5.41, 5.74) is 6.22. The molecule has 1 saturated heterocycles. The second kappa shape index (κ2) is 6.40. The summed E-state index contributed by atoms with van der Waals surface area (Å²) in [4.78, 5) is 30.1. The third-order valence-electron chi connectivity index (χ3n) is 3.50. The number of carbonyl (C=O) groups excluding carboxylic acids is 1. The maximum Gasteiger partial charge on any atom is 0.311 e. The lowest BCUT2D eigenvalue weighted by atomic mass is 10.0. The zero-order valence-electron chi connectivity index (χ0n) is 12.0. The van der Waals surface area contributed by atoms with Crippen molar-refractivity contribution in [2.24, 2.45) is 5.92 Å². The molecule has 0 saturated carbocycles. The fourth-order valence-electron chi connectivity index (χ4n) is 2.49. The van der Waals surface area contributed by atoms with Gasteiger partial charge in [0.1, 0.15) is 10.8 Å². The zero-order chi connectivity index (χ0) is 15.6. The van der Waals surface area contributed by atoms with Crippen LogP contribution in [0.3, 0.4) is 0 Å². The fourth-order valence-corrected chi connectivity index (χ4v) is 3.28. The lowest BCUT2D eigenvalue weighted by Crippen LogP contribution is -2.46. The highest BCUT2D eigenvalue weighted by molar-refractivity contribution is 7.17. The van der Waals surface area contributed by atoms with Crippen molar-refractivity contribution >= 4 is 28.3 Å². The van der Waals surface area contributed by atoms with Gasteiger partial charge in [-0.1, -0.05) is 18.3 Å². The van der Waals surface area contributed by atoms with Crippen molar-refractivity contribution in [3.63, 3.8) is 0 Å². The van der Waals surface area contributed by atoms with Crippen LogP contribution in [0.5, 0.6) is 0 Å². The van der Waals surface area contributed by atoms with E-state index in [-0.39, 0.29) is 19.1 Å². The smallest absolute Gasteiger partial charge is 0.311 e. The van der Waals surface area contributed by atoms with Crippen LogP contribution in [0.4, 0.5) is 5.13 Å². The molecule has 2 unspecified atom stereocenters. The monoisotopic (exact) mass is 313 g/mol. The molecule has 1 aliphatic heterocycles. The molecule has 116 valence electrons. The largest absolute Gasteiger partial charge is 0.481 e. The average molecular weight is 313 g/mol. The van der Waals surface area contributed by atoms with Crippen LogP contribution in [0, 0.1) is 12.8 Å². The number of nitrogens with zero attached hydrogens (tertiary/aromatic N) is 2. The number of hydrogen-bond acceptors (Lipinski definition) is 6. The molecule has 2 heterocycles. The number of anilines is 1. The number of aromatic nitrogens is 1. The third kappa shape index (κ3) is 3.16. The van der Waals surface area contributed by atoms with Gasteiger partial charge in [-0.25, -0.2) is 4.98 Å². The number of rotatable bonds is 5. The first-order chi connectivity index (χ1) is 9.95. The molecule has 0 aliphatic carbocycles. The summed E-state index contributed by atoms with van der Waals surface area (Å²) in [5.74, 6) is -1.84. The highest BCUT2D eigenvalue weighted by Gasteiger charge is 2.40. The minimum Gasteiger partial charge on any atom is -0.481 e. The molecule has 1 fully saturated rings. The minimum atomic E-state index is -0.938. The first-order valence-electron chi connectivity index (χ1n) is 6.80. The summed E-state index contributed by atoms with van der Waals surface area (Å²) >= 11 is 1.13. The molecule has 1 aromatic rings. The Morgan fingerprint density at radius 3 is 2.76 bits per heavy atom. The van der Waals surface area contributed by atoms with E-state index in [2.05, 4.69) is 4.98 Å². The second-order valence-corrected chi connectivity index (χ2v) is 6.05. The summed E-state index contributed by atoms with van der Waals surface area (Å²) in [6, 6.07) is -0.447. The number of carboxylic acids is 1. The average Bonchev–Trinajstić information content (AvgIpc) is 3.01. The van der Waals surface area contributed by atoms with Gasteiger partial charge in [0.2, 0.25) is 0 Å². The summed E-state index contributed by atoms with van der Waals surface area (Å²) in [7, 11) is 0. The molecule has 0 spiro atoms. The van der Waals surface area contributed by atoms with E-state index < -0.39 is 17.9 Å². The Balaban J connectivity index is 2.28. The third-order valence-corrected chi connectivity index (χ3v) is 4.48. The van der Waals surface area contributed by atoms with E-state index in [1.54, 1.807) is 11.8 Å². The van der Waals surface area contributed by atoms with E-state index in [4.69, 9.17) is 10.5 Å². The fraction of sp³-hybridized carbons (Fsp3) is 0.615. The number of nitrogens with two attached hydrogens (primary N) is 1. The van der Waals surface area contributed by atoms with Gasteiger partial charge in [0.15, 0.2) is 5.13 Å². The van der Waals surface area contributed by atoms with Gasteiger partial charge in [-0.2, -0.15) is 0 Å². The molecule has 1 amide bonds. The van der Waals surface area contributed by atoms with Crippen molar-refractivity contribution in [1.29, 1.82) is 0 Å². The van der Waals surface area contributed by atoms with E-state index in [0.29, 0.717) is 22.2 Å². The highest BCUT2D eigenvalue weighted by Crippen LogP contribution is 2.26. The summed E-state index contributed by atoms with van der Waals surface area (Å²) in [6.45, 7) is 4.53. The minimum absolute atomic E-state index is 0.136. The first kappa shape index (κ1) is 15.7. The van der Waals surface area contributed by atoms with Crippen molar-refractivity contribution in [2.75, 3.05) is 25.5 Å². The Bertz CT molecular complexity index is 546. The number of hydrogen-bond donors (Lipinski definition) is 2. The van der Waals surface area contributed by atoms with Gasteiger partial charge in [-0.05, 0) is 13.3 Å². The molecule has 7 nitrogen and oxygen atoms in total. The number of carboxylic acid groups (broad SMARTS) is 1. The molecule has 0 radical (unpaired) electrons. The topological polar surface area (TPSA) is 106 Å². The number of thiazole rings is 1. The van der Waals surface area contributed by atoms with Gasteiger partial charge in [-0.3, -0.25) is 9.59 Å². The second-order valence-electron chi connectivity index (χ2n) is 5.01. The molecule has 2 atom stereocenters.